The normalized spacial score (nSPS) is 17.2. The molecule has 0 unspecified atom stereocenters. The number of methoxy groups -OCH3 is 1. The fourth-order valence-corrected chi connectivity index (χ4v) is 2.50. The van der Waals surface area contributed by atoms with Crippen molar-refractivity contribution in [1.29, 1.82) is 0 Å². The van der Waals surface area contributed by atoms with Crippen LogP contribution in [0.15, 0.2) is 47.6 Å². The van der Waals surface area contributed by atoms with Gasteiger partial charge in [0.1, 0.15) is 0 Å². The summed E-state index contributed by atoms with van der Waals surface area (Å²) in [5, 5.41) is 14.4. The van der Waals surface area contributed by atoms with Crippen LogP contribution in [0.3, 0.4) is 0 Å². The molecule has 0 spiro atoms. The van der Waals surface area contributed by atoms with Gasteiger partial charge in [-0.15, -0.1) is 0 Å². The zero-order chi connectivity index (χ0) is 14.8. The van der Waals surface area contributed by atoms with Crippen molar-refractivity contribution in [3.8, 4) is 11.5 Å². The van der Waals surface area contributed by atoms with Crippen molar-refractivity contribution in [3.63, 3.8) is 0 Å². The van der Waals surface area contributed by atoms with Crippen LogP contribution in [-0.2, 0) is 4.84 Å². The molecule has 2 aromatic carbocycles. The first-order valence-corrected chi connectivity index (χ1v) is 6.84. The van der Waals surface area contributed by atoms with Crippen LogP contribution in [0, 0.1) is 6.92 Å². The third-order valence-electron chi connectivity index (χ3n) is 3.62. The molecule has 0 aromatic heterocycles. The van der Waals surface area contributed by atoms with Crippen molar-refractivity contribution in [1.82, 2.24) is 0 Å². The number of benzene rings is 2. The second-order valence-electron chi connectivity index (χ2n) is 5.10. The van der Waals surface area contributed by atoms with Gasteiger partial charge in [-0.2, -0.15) is 0 Å². The first-order chi connectivity index (χ1) is 10.2. The van der Waals surface area contributed by atoms with Gasteiger partial charge >= 0.3 is 0 Å². The van der Waals surface area contributed by atoms with Crippen molar-refractivity contribution < 1.29 is 14.7 Å². The lowest BCUT2D eigenvalue weighted by Gasteiger charge is -2.12. The van der Waals surface area contributed by atoms with E-state index in [0.29, 0.717) is 17.7 Å². The lowest BCUT2D eigenvalue weighted by Crippen LogP contribution is -2.02. The number of phenolic OH excluding ortho intramolecular Hbond substituents is 1. The van der Waals surface area contributed by atoms with Gasteiger partial charge in [0.2, 0.25) is 0 Å². The lowest BCUT2D eigenvalue weighted by molar-refractivity contribution is 0.0835. The van der Waals surface area contributed by atoms with E-state index >= 15 is 0 Å². The molecule has 4 nitrogen and oxygen atoms in total. The van der Waals surface area contributed by atoms with Crippen LogP contribution < -0.4 is 4.74 Å². The highest BCUT2D eigenvalue weighted by atomic mass is 16.6. The molecule has 0 aliphatic carbocycles. The van der Waals surface area contributed by atoms with Crippen LogP contribution in [0.4, 0.5) is 0 Å². The summed E-state index contributed by atoms with van der Waals surface area (Å²) in [7, 11) is 1.53. The van der Waals surface area contributed by atoms with E-state index in [1.54, 1.807) is 6.07 Å². The number of para-hydroxylation sites is 1. The zero-order valence-corrected chi connectivity index (χ0v) is 12.0. The van der Waals surface area contributed by atoms with E-state index in [9.17, 15) is 5.11 Å². The second-order valence-corrected chi connectivity index (χ2v) is 5.10. The Morgan fingerprint density at radius 1 is 1.24 bits per heavy atom. The Morgan fingerprint density at radius 3 is 2.81 bits per heavy atom. The van der Waals surface area contributed by atoms with Crippen LogP contribution >= 0.6 is 0 Å². The Hall–Kier alpha value is -2.49. The summed E-state index contributed by atoms with van der Waals surface area (Å²) < 4.78 is 5.13. The van der Waals surface area contributed by atoms with Gasteiger partial charge in [0.05, 0.1) is 12.8 Å². The molecule has 108 valence electrons. The second kappa shape index (κ2) is 5.48. The largest absolute Gasteiger partial charge is 0.504 e. The van der Waals surface area contributed by atoms with Gasteiger partial charge in [0.15, 0.2) is 17.6 Å². The van der Waals surface area contributed by atoms with Crippen molar-refractivity contribution >= 4 is 5.71 Å². The van der Waals surface area contributed by atoms with Crippen molar-refractivity contribution in [2.24, 2.45) is 5.16 Å². The highest BCUT2D eigenvalue weighted by Gasteiger charge is 2.27. The van der Waals surface area contributed by atoms with E-state index in [0.717, 1.165) is 11.3 Å². The Kier molecular flexibility index (Phi) is 3.52. The number of rotatable bonds is 3. The molecule has 0 saturated carbocycles. The zero-order valence-electron chi connectivity index (χ0n) is 12.0. The molecule has 0 amide bonds. The number of aromatic hydroxyl groups is 1. The Morgan fingerprint density at radius 2 is 2.05 bits per heavy atom. The molecule has 1 aliphatic rings. The minimum absolute atomic E-state index is 0.116. The fraction of sp³-hybridized carbons (Fsp3) is 0.235. The highest BCUT2D eigenvalue weighted by Crippen LogP contribution is 2.39. The highest BCUT2D eigenvalue weighted by molar-refractivity contribution is 6.01. The first kappa shape index (κ1) is 13.5. The summed E-state index contributed by atoms with van der Waals surface area (Å²) in [6, 6.07) is 13.5. The summed E-state index contributed by atoms with van der Waals surface area (Å²) in [5.41, 5.74) is 3.83. The first-order valence-electron chi connectivity index (χ1n) is 6.84. The molecular formula is C17H17NO3. The minimum Gasteiger partial charge on any atom is -0.504 e. The third-order valence-corrected chi connectivity index (χ3v) is 3.62. The van der Waals surface area contributed by atoms with Crippen LogP contribution in [0.1, 0.15) is 29.2 Å². The molecule has 0 radical (unpaired) electrons. The van der Waals surface area contributed by atoms with Gasteiger partial charge in [-0.1, -0.05) is 47.1 Å². The summed E-state index contributed by atoms with van der Waals surface area (Å²) in [4.78, 5) is 5.50. The van der Waals surface area contributed by atoms with E-state index in [1.165, 1.54) is 12.7 Å². The molecule has 0 saturated heterocycles. The van der Waals surface area contributed by atoms with Crippen LogP contribution in [-0.4, -0.2) is 17.9 Å². The summed E-state index contributed by atoms with van der Waals surface area (Å²) in [6.45, 7) is 2.05. The summed E-state index contributed by atoms with van der Waals surface area (Å²) in [5.74, 6) is 0.561. The topological polar surface area (TPSA) is 51.0 Å². The summed E-state index contributed by atoms with van der Waals surface area (Å²) >= 11 is 0. The number of hydrogen-bond donors (Lipinski definition) is 1. The standard InChI is InChI=1S/C17H17NO3/c1-11-5-3-6-12(9-11)14-10-16(21-18-14)13-7-4-8-15(20-2)17(13)19/h3-9,16,19H,10H2,1-2H3/t16-/m1/s1. The van der Waals surface area contributed by atoms with Gasteiger partial charge in [-0.3, -0.25) is 0 Å². The van der Waals surface area contributed by atoms with E-state index in [4.69, 9.17) is 9.57 Å². The van der Waals surface area contributed by atoms with Crippen LogP contribution in [0.2, 0.25) is 0 Å². The molecule has 3 rings (SSSR count). The van der Waals surface area contributed by atoms with E-state index in [-0.39, 0.29) is 11.9 Å². The molecule has 1 N–H and O–H groups in total. The molecule has 2 aromatic rings. The van der Waals surface area contributed by atoms with Gasteiger partial charge in [-0.25, -0.2) is 0 Å². The van der Waals surface area contributed by atoms with Crippen LogP contribution in [0.5, 0.6) is 11.5 Å². The Balaban J connectivity index is 1.83. The van der Waals surface area contributed by atoms with Crippen molar-refractivity contribution in [2.75, 3.05) is 7.11 Å². The number of nitrogens with zero attached hydrogens (tertiary/aromatic N) is 1. The molecule has 0 bridgehead atoms. The van der Waals surface area contributed by atoms with Gasteiger partial charge < -0.3 is 14.7 Å². The maximum absolute atomic E-state index is 10.2. The number of ether oxygens (including phenoxy) is 1. The third kappa shape index (κ3) is 2.57. The van der Waals surface area contributed by atoms with Gasteiger partial charge in [-0.05, 0) is 18.6 Å². The Labute approximate surface area is 123 Å². The molecule has 1 heterocycles. The predicted octanol–water partition coefficient (Wildman–Crippen LogP) is 3.57. The molecule has 21 heavy (non-hydrogen) atoms. The predicted molar refractivity (Wildman–Crippen MR) is 80.8 cm³/mol. The lowest BCUT2D eigenvalue weighted by atomic mass is 9.98. The average molecular weight is 283 g/mol. The van der Waals surface area contributed by atoms with Gasteiger partial charge in [0, 0.05) is 12.0 Å². The molecular weight excluding hydrogens is 266 g/mol. The quantitative estimate of drug-likeness (QED) is 0.936. The van der Waals surface area contributed by atoms with Crippen LogP contribution in [0.25, 0.3) is 0 Å². The maximum atomic E-state index is 10.2. The SMILES string of the molecule is COc1cccc([C@H]2CC(c3cccc(C)c3)=NO2)c1O. The van der Waals surface area contributed by atoms with Gasteiger partial charge in [0.25, 0.3) is 0 Å². The maximum Gasteiger partial charge on any atom is 0.164 e. The monoisotopic (exact) mass is 283 g/mol. The Bertz CT molecular complexity index is 694. The van der Waals surface area contributed by atoms with E-state index in [2.05, 4.69) is 11.2 Å². The van der Waals surface area contributed by atoms with Crippen molar-refractivity contribution in [3.05, 3.63) is 59.2 Å². The number of phenols is 1. The van der Waals surface area contributed by atoms with E-state index in [1.807, 2.05) is 37.3 Å². The fourth-order valence-electron chi connectivity index (χ4n) is 2.50. The average Bonchev–Trinajstić information content (AvgIpc) is 2.97. The molecule has 0 fully saturated rings. The minimum atomic E-state index is -0.282. The number of oxime groups is 1. The molecule has 4 heteroatoms. The summed E-state index contributed by atoms with van der Waals surface area (Å²) in [6.07, 6.45) is 0.347. The molecule has 1 aliphatic heterocycles. The number of hydrogen-bond acceptors (Lipinski definition) is 4. The number of aryl methyl sites for hydroxylation is 1. The molecule has 1 atom stereocenters. The smallest absolute Gasteiger partial charge is 0.164 e. The van der Waals surface area contributed by atoms with Crippen molar-refractivity contribution in [2.45, 2.75) is 19.4 Å². The van der Waals surface area contributed by atoms with E-state index < -0.39 is 0 Å².